The maximum atomic E-state index is 10.8. The first-order chi connectivity index (χ1) is 7.84. The Balaban J connectivity index is 3.17. The van der Waals surface area contributed by atoms with Gasteiger partial charge in [0.05, 0.1) is 6.04 Å². The minimum Gasteiger partial charge on any atom is -0.465 e. The van der Waals surface area contributed by atoms with Gasteiger partial charge in [-0.2, -0.15) is 0 Å². The average Bonchev–Trinajstić information content (AvgIpc) is 2.20. The third kappa shape index (κ3) is 3.10. The summed E-state index contributed by atoms with van der Waals surface area (Å²) in [5.74, 6) is 0. The van der Waals surface area contributed by atoms with E-state index in [0.29, 0.717) is 20.0 Å². The minimum atomic E-state index is -1.53. The molecule has 0 aliphatic carbocycles. The van der Waals surface area contributed by atoms with Gasteiger partial charge in [0.1, 0.15) is 0 Å². The van der Waals surface area contributed by atoms with Crippen LogP contribution in [0.15, 0.2) is 22.7 Å². The van der Waals surface area contributed by atoms with Crippen LogP contribution in [0.1, 0.15) is 18.5 Å². The van der Waals surface area contributed by atoms with Crippen LogP contribution in [0.5, 0.6) is 0 Å². The number of benzene rings is 1. The number of nitrogens with zero attached hydrogens (tertiary/aromatic N) is 1. The molecule has 0 saturated carbocycles. The molecule has 1 rings (SSSR count). The Kier molecular flexibility index (Phi) is 4.36. The molecule has 0 bridgehead atoms. The van der Waals surface area contributed by atoms with E-state index < -0.39 is 18.2 Å². The van der Waals surface area contributed by atoms with Crippen molar-refractivity contribution in [1.82, 2.24) is 4.90 Å². The molecule has 0 aromatic heterocycles. The van der Waals surface area contributed by atoms with E-state index in [1.54, 1.807) is 12.1 Å². The Morgan fingerprint density at radius 1 is 1.35 bits per heavy atom. The summed E-state index contributed by atoms with van der Waals surface area (Å²) in [6.45, 7) is 1.47. The first-order valence-electron chi connectivity index (χ1n) is 4.54. The predicted molar refractivity (Wildman–Crippen MR) is 65.5 cm³/mol. The monoisotopic (exact) mass is 321 g/mol. The maximum absolute atomic E-state index is 10.8. The summed E-state index contributed by atoms with van der Waals surface area (Å²) in [5.41, 5.74) is 0.488. The van der Waals surface area contributed by atoms with E-state index in [1.807, 2.05) is 0 Å². The number of imide groups is 1. The van der Waals surface area contributed by atoms with Crippen molar-refractivity contribution in [2.24, 2.45) is 0 Å². The van der Waals surface area contributed by atoms with Crippen molar-refractivity contribution >= 4 is 39.7 Å². The summed E-state index contributed by atoms with van der Waals surface area (Å²) in [6.07, 6.45) is -3.06. The molecule has 1 atom stereocenters. The summed E-state index contributed by atoms with van der Waals surface area (Å²) in [5, 5.41) is 18.1. The Bertz CT molecular complexity index is 452. The highest BCUT2D eigenvalue weighted by Crippen LogP contribution is 2.30. The van der Waals surface area contributed by atoms with Gasteiger partial charge < -0.3 is 10.2 Å². The molecule has 5 nitrogen and oxygen atoms in total. The molecule has 0 fully saturated rings. The van der Waals surface area contributed by atoms with Crippen molar-refractivity contribution in [3.8, 4) is 0 Å². The number of carboxylic acid groups (broad SMARTS) is 2. The molecular weight excluding hydrogens is 313 g/mol. The Labute approximate surface area is 111 Å². The molecule has 1 aromatic carbocycles. The Morgan fingerprint density at radius 3 is 2.35 bits per heavy atom. The number of hydrogen-bond acceptors (Lipinski definition) is 2. The molecule has 92 valence electrons. The largest absolute Gasteiger partial charge is 0.465 e. The highest BCUT2D eigenvalue weighted by Gasteiger charge is 2.28. The lowest BCUT2D eigenvalue weighted by molar-refractivity contribution is 0.109. The average molecular weight is 323 g/mol. The summed E-state index contributed by atoms with van der Waals surface area (Å²) in [4.78, 5) is 22.0. The van der Waals surface area contributed by atoms with Crippen LogP contribution in [0.4, 0.5) is 9.59 Å². The van der Waals surface area contributed by atoms with E-state index in [9.17, 15) is 9.59 Å². The van der Waals surface area contributed by atoms with Crippen LogP contribution < -0.4 is 0 Å². The third-order valence-electron chi connectivity index (χ3n) is 2.21. The van der Waals surface area contributed by atoms with Crippen molar-refractivity contribution in [3.05, 3.63) is 33.3 Å². The van der Waals surface area contributed by atoms with Gasteiger partial charge >= 0.3 is 12.2 Å². The molecule has 2 amide bonds. The van der Waals surface area contributed by atoms with Gasteiger partial charge in [-0.05, 0) is 30.7 Å². The first kappa shape index (κ1) is 13.8. The van der Waals surface area contributed by atoms with Gasteiger partial charge in [-0.1, -0.05) is 27.5 Å². The van der Waals surface area contributed by atoms with Gasteiger partial charge in [-0.15, -0.1) is 0 Å². The number of amides is 2. The zero-order valence-corrected chi connectivity index (χ0v) is 11.1. The van der Waals surface area contributed by atoms with Gasteiger partial charge in [-0.3, -0.25) is 0 Å². The highest BCUT2D eigenvalue weighted by atomic mass is 79.9. The predicted octanol–water partition coefficient (Wildman–Crippen LogP) is 3.82. The molecule has 0 spiro atoms. The first-order valence-corrected chi connectivity index (χ1v) is 5.71. The molecule has 0 radical (unpaired) electrons. The lowest BCUT2D eigenvalue weighted by Gasteiger charge is -2.22. The summed E-state index contributed by atoms with van der Waals surface area (Å²) in [7, 11) is 0. The molecule has 17 heavy (non-hydrogen) atoms. The third-order valence-corrected chi connectivity index (χ3v) is 3.16. The van der Waals surface area contributed by atoms with E-state index >= 15 is 0 Å². The van der Waals surface area contributed by atoms with Gasteiger partial charge in [0.2, 0.25) is 0 Å². The van der Waals surface area contributed by atoms with Crippen LogP contribution in [-0.4, -0.2) is 27.3 Å². The fourth-order valence-electron chi connectivity index (χ4n) is 1.39. The van der Waals surface area contributed by atoms with E-state index in [-0.39, 0.29) is 0 Å². The molecule has 2 N–H and O–H groups in total. The van der Waals surface area contributed by atoms with E-state index in [1.165, 1.54) is 13.0 Å². The summed E-state index contributed by atoms with van der Waals surface area (Å²) >= 11 is 9.02. The minimum absolute atomic E-state index is 0.316. The standard InChI is InChI=1S/C10H9BrClNO4/c1-5(13(9(14)15)10(16)17)7-4-6(12)2-3-8(7)11/h2-5H,1H3,(H,14,15)(H,16,17)/t5-/m1/s1. The quantitative estimate of drug-likeness (QED) is 0.867. The number of hydrogen-bond donors (Lipinski definition) is 2. The summed E-state index contributed by atoms with van der Waals surface area (Å²) < 4.78 is 0.599. The van der Waals surface area contributed by atoms with Crippen molar-refractivity contribution < 1.29 is 19.8 Å². The van der Waals surface area contributed by atoms with Crippen LogP contribution in [0, 0.1) is 0 Å². The fourth-order valence-corrected chi connectivity index (χ4v) is 2.15. The van der Waals surface area contributed by atoms with Crippen LogP contribution in [0.3, 0.4) is 0 Å². The number of carbonyl (C=O) groups is 2. The van der Waals surface area contributed by atoms with Gasteiger partial charge in [-0.25, -0.2) is 14.5 Å². The number of halogens is 2. The second-order valence-electron chi connectivity index (χ2n) is 3.28. The van der Waals surface area contributed by atoms with Crippen LogP contribution >= 0.6 is 27.5 Å². The van der Waals surface area contributed by atoms with E-state index in [2.05, 4.69) is 15.9 Å². The lowest BCUT2D eigenvalue weighted by Crippen LogP contribution is -2.36. The van der Waals surface area contributed by atoms with E-state index in [0.717, 1.165) is 0 Å². The van der Waals surface area contributed by atoms with Crippen molar-refractivity contribution in [1.29, 1.82) is 0 Å². The van der Waals surface area contributed by atoms with Crippen LogP contribution in [0.25, 0.3) is 0 Å². The smallest absolute Gasteiger partial charge is 0.417 e. The molecule has 0 aliphatic heterocycles. The van der Waals surface area contributed by atoms with Crippen molar-refractivity contribution in [2.75, 3.05) is 0 Å². The Morgan fingerprint density at radius 2 is 1.88 bits per heavy atom. The van der Waals surface area contributed by atoms with Gasteiger partial charge in [0.25, 0.3) is 0 Å². The maximum Gasteiger partial charge on any atom is 0.417 e. The number of rotatable bonds is 2. The molecule has 1 aromatic rings. The second-order valence-corrected chi connectivity index (χ2v) is 4.57. The topological polar surface area (TPSA) is 77.8 Å². The van der Waals surface area contributed by atoms with Crippen molar-refractivity contribution in [2.45, 2.75) is 13.0 Å². The Hall–Kier alpha value is -1.27. The van der Waals surface area contributed by atoms with Crippen LogP contribution in [-0.2, 0) is 0 Å². The fraction of sp³-hybridized carbons (Fsp3) is 0.200. The summed E-state index contributed by atoms with van der Waals surface area (Å²) in [6, 6.07) is 3.93. The normalized spacial score (nSPS) is 11.9. The molecule has 0 saturated heterocycles. The lowest BCUT2D eigenvalue weighted by atomic mass is 10.1. The highest BCUT2D eigenvalue weighted by molar-refractivity contribution is 9.10. The van der Waals surface area contributed by atoms with E-state index in [4.69, 9.17) is 21.8 Å². The van der Waals surface area contributed by atoms with Gasteiger partial charge in [0, 0.05) is 9.50 Å². The molecule has 0 heterocycles. The van der Waals surface area contributed by atoms with Crippen molar-refractivity contribution in [3.63, 3.8) is 0 Å². The van der Waals surface area contributed by atoms with Gasteiger partial charge in [0.15, 0.2) is 0 Å². The SMILES string of the molecule is C[C@H](c1cc(Cl)ccc1Br)N(C(=O)O)C(=O)O. The zero-order chi connectivity index (χ0) is 13.2. The van der Waals surface area contributed by atoms with Crippen LogP contribution in [0.2, 0.25) is 5.02 Å². The molecule has 0 aliphatic rings. The molecule has 0 unspecified atom stereocenters. The molecular formula is C10H9BrClNO4. The second kappa shape index (κ2) is 5.37. The zero-order valence-electron chi connectivity index (χ0n) is 8.72. The molecule has 7 heteroatoms.